The number of nitrogens with zero attached hydrogens (tertiary/aromatic N) is 1. The number of ketones is 1. The number of rotatable bonds is 9. The van der Waals surface area contributed by atoms with E-state index in [9.17, 15) is 14.7 Å². The Morgan fingerprint density at radius 1 is 1.15 bits per heavy atom. The van der Waals surface area contributed by atoms with Crippen molar-refractivity contribution in [3.8, 4) is 11.5 Å². The van der Waals surface area contributed by atoms with Crippen molar-refractivity contribution in [3.05, 3.63) is 63.7 Å². The molecule has 7 heteroatoms. The largest absolute Gasteiger partial charge is 0.507 e. The highest BCUT2D eigenvalue weighted by Crippen LogP contribution is 2.43. The second-order valence-electron chi connectivity index (χ2n) is 8.09. The van der Waals surface area contributed by atoms with Gasteiger partial charge in [-0.15, -0.1) is 0 Å². The number of likely N-dealkylation sites (tertiary alicyclic amines) is 1. The van der Waals surface area contributed by atoms with E-state index in [0.29, 0.717) is 29.5 Å². The number of aliphatic hydroxyl groups is 1. The maximum atomic E-state index is 13.2. The zero-order chi connectivity index (χ0) is 24.1. The van der Waals surface area contributed by atoms with Crippen molar-refractivity contribution >= 4 is 29.1 Å². The summed E-state index contributed by atoms with van der Waals surface area (Å²) in [4.78, 5) is 27.7. The number of ether oxygens (including phenoxy) is 2. The minimum atomic E-state index is -0.745. The molecule has 3 rings (SSSR count). The molecule has 2 aromatic carbocycles. The first kappa shape index (κ1) is 24.6. The Hall–Kier alpha value is -2.99. The predicted molar refractivity (Wildman–Crippen MR) is 129 cm³/mol. The summed E-state index contributed by atoms with van der Waals surface area (Å²) in [7, 11) is 1.44. The van der Waals surface area contributed by atoms with Crippen LogP contribution in [0.1, 0.15) is 55.8 Å². The number of Topliss-reactive ketones (excluding diaryl/α,β-unsaturated/α-hetero) is 1. The highest BCUT2D eigenvalue weighted by molar-refractivity contribution is 6.46. The summed E-state index contributed by atoms with van der Waals surface area (Å²) in [5, 5.41) is 11.7. The van der Waals surface area contributed by atoms with E-state index >= 15 is 0 Å². The van der Waals surface area contributed by atoms with Gasteiger partial charge in [-0.1, -0.05) is 44.0 Å². The van der Waals surface area contributed by atoms with Gasteiger partial charge in [0, 0.05) is 6.54 Å². The van der Waals surface area contributed by atoms with E-state index in [4.69, 9.17) is 21.1 Å². The molecule has 1 saturated heterocycles. The Balaban J connectivity index is 2.22. The van der Waals surface area contributed by atoms with E-state index in [1.54, 1.807) is 12.1 Å². The number of halogens is 1. The van der Waals surface area contributed by atoms with Crippen LogP contribution in [0.25, 0.3) is 5.76 Å². The van der Waals surface area contributed by atoms with Crippen LogP contribution >= 0.6 is 11.6 Å². The van der Waals surface area contributed by atoms with E-state index in [2.05, 4.69) is 0 Å². The average molecular weight is 472 g/mol. The molecule has 1 N–H and O–H groups in total. The van der Waals surface area contributed by atoms with Gasteiger partial charge in [-0.25, -0.2) is 0 Å². The Morgan fingerprint density at radius 2 is 1.91 bits per heavy atom. The Morgan fingerprint density at radius 3 is 2.58 bits per heavy atom. The van der Waals surface area contributed by atoms with E-state index in [0.717, 1.165) is 24.8 Å². The second-order valence-corrected chi connectivity index (χ2v) is 8.50. The lowest BCUT2D eigenvalue weighted by atomic mass is 9.94. The molecule has 0 aliphatic carbocycles. The lowest BCUT2D eigenvalue weighted by Crippen LogP contribution is -2.30. The van der Waals surface area contributed by atoms with E-state index in [-0.39, 0.29) is 22.6 Å². The fourth-order valence-corrected chi connectivity index (χ4v) is 4.39. The number of unbranched alkanes of at least 4 members (excludes halogenated alkanes) is 1. The van der Waals surface area contributed by atoms with Gasteiger partial charge in [0.15, 0.2) is 0 Å². The van der Waals surface area contributed by atoms with Gasteiger partial charge in [0.25, 0.3) is 11.7 Å². The van der Waals surface area contributed by atoms with Gasteiger partial charge in [0.1, 0.15) is 17.3 Å². The highest BCUT2D eigenvalue weighted by Gasteiger charge is 2.46. The van der Waals surface area contributed by atoms with E-state index in [1.807, 2.05) is 45.0 Å². The predicted octanol–water partition coefficient (Wildman–Crippen LogP) is 5.67. The third kappa shape index (κ3) is 5.01. The van der Waals surface area contributed by atoms with Crippen LogP contribution in [-0.2, 0) is 9.59 Å². The minimum absolute atomic E-state index is 0.0173. The molecule has 1 heterocycles. The van der Waals surface area contributed by atoms with Crippen molar-refractivity contribution in [3.63, 3.8) is 0 Å². The Labute approximate surface area is 199 Å². The molecule has 1 fully saturated rings. The molecule has 33 heavy (non-hydrogen) atoms. The number of methoxy groups -OCH3 is 1. The third-order valence-electron chi connectivity index (χ3n) is 5.59. The van der Waals surface area contributed by atoms with Crippen LogP contribution < -0.4 is 9.47 Å². The zero-order valence-electron chi connectivity index (χ0n) is 19.5. The molecule has 6 nitrogen and oxygen atoms in total. The lowest BCUT2D eigenvalue weighted by molar-refractivity contribution is -0.139. The number of aryl methyl sites for hydroxylation is 1. The number of benzene rings is 2. The summed E-state index contributed by atoms with van der Waals surface area (Å²) >= 11 is 6.33. The van der Waals surface area contributed by atoms with Crippen LogP contribution in [0.4, 0.5) is 0 Å². The molecule has 1 aliphatic rings. The molecule has 0 bridgehead atoms. The van der Waals surface area contributed by atoms with Crippen molar-refractivity contribution < 1.29 is 24.2 Å². The summed E-state index contributed by atoms with van der Waals surface area (Å²) in [5.74, 6) is -0.773. The fourth-order valence-electron chi connectivity index (χ4n) is 4.04. The number of amides is 1. The number of hydrogen-bond donors (Lipinski definition) is 1. The van der Waals surface area contributed by atoms with Gasteiger partial charge >= 0.3 is 0 Å². The molecule has 1 amide bonds. The smallest absolute Gasteiger partial charge is 0.295 e. The standard InChI is InChI=1S/C26H30ClNO5/c1-5-7-11-28-22(17-9-8-10-18(15-17)33-12-6-2)21(24(30)26(28)31)23(29)19-13-16(3)14-20(27)25(19)32-4/h8-10,13-15,22,29H,5-7,11-12H2,1-4H3/b23-21+. The van der Waals surface area contributed by atoms with Crippen molar-refractivity contribution in [1.82, 2.24) is 4.90 Å². The molecular formula is C26H30ClNO5. The monoisotopic (exact) mass is 471 g/mol. The first-order valence-corrected chi connectivity index (χ1v) is 11.6. The molecule has 0 spiro atoms. The number of carbonyl (C=O) groups is 2. The number of carbonyl (C=O) groups excluding carboxylic acids is 2. The van der Waals surface area contributed by atoms with E-state index in [1.165, 1.54) is 12.0 Å². The van der Waals surface area contributed by atoms with Crippen molar-refractivity contribution in [2.45, 2.75) is 46.1 Å². The first-order chi connectivity index (χ1) is 15.8. The molecule has 176 valence electrons. The van der Waals surface area contributed by atoms with Gasteiger partial charge in [0.05, 0.1) is 35.9 Å². The SMILES string of the molecule is CCCCN1C(=O)C(=O)/C(=C(/O)c2cc(C)cc(Cl)c2OC)C1c1cccc(OCCC)c1. The van der Waals surface area contributed by atoms with Gasteiger partial charge < -0.3 is 19.5 Å². The average Bonchev–Trinajstić information content (AvgIpc) is 3.05. The van der Waals surface area contributed by atoms with Crippen molar-refractivity contribution in [2.75, 3.05) is 20.3 Å². The second kappa shape index (κ2) is 10.8. The summed E-state index contributed by atoms with van der Waals surface area (Å²) in [6, 6.07) is 9.97. The Bertz CT molecular complexity index is 1080. The maximum Gasteiger partial charge on any atom is 0.295 e. The van der Waals surface area contributed by atoms with Gasteiger partial charge in [-0.05, 0) is 55.2 Å². The van der Waals surface area contributed by atoms with Crippen molar-refractivity contribution in [2.24, 2.45) is 0 Å². The van der Waals surface area contributed by atoms with Crippen LogP contribution in [0.2, 0.25) is 5.02 Å². The van der Waals surface area contributed by atoms with Gasteiger partial charge in [0.2, 0.25) is 0 Å². The van der Waals surface area contributed by atoms with Crippen LogP contribution in [0, 0.1) is 6.92 Å². The van der Waals surface area contributed by atoms with Crippen LogP contribution in [0.15, 0.2) is 42.0 Å². The quantitative estimate of drug-likeness (QED) is 0.290. The van der Waals surface area contributed by atoms with E-state index < -0.39 is 17.7 Å². The normalized spacial score (nSPS) is 17.5. The molecule has 1 atom stereocenters. The fraction of sp³-hybridized carbons (Fsp3) is 0.385. The Kier molecular flexibility index (Phi) is 8.03. The number of hydrogen-bond acceptors (Lipinski definition) is 5. The minimum Gasteiger partial charge on any atom is -0.507 e. The summed E-state index contributed by atoms with van der Waals surface area (Å²) < 4.78 is 11.2. The van der Waals surface area contributed by atoms with Crippen LogP contribution in [-0.4, -0.2) is 42.0 Å². The molecule has 2 aromatic rings. The zero-order valence-corrected chi connectivity index (χ0v) is 20.2. The lowest BCUT2D eigenvalue weighted by Gasteiger charge is -2.25. The van der Waals surface area contributed by atoms with Gasteiger partial charge in [-0.2, -0.15) is 0 Å². The molecule has 0 saturated carbocycles. The molecule has 1 aliphatic heterocycles. The summed E-state index contributed by atoms with van der Waals surface area (Å²) in [6.45, 7) is 6.81. The van der Waals surface area contributed by atoms with Gasteiger partial charge in [-0.3, -0.25) is 9.59 Å². The van der Waals surface area contributed by atoms with Crippen LogP contribution in [0.3, 0.4) is 0 Å². The number of aliphatic hydroxyl groups excluding tert-OH is 1. The molecule has 0 radical (unpaired) electrons. The summed E-state index contributed by atoms with van der Waals surface area (Å²) in [5.41, 5.74) is 1.77. The maximum absolute atomic E-state index is 13.2. The molecule has 0 aromatic heterocycles. The van der Waals surface area contributed by atoms with Crippen molar-refractivity contribution in [1.29, 1.82) is 0 Å². The van der Waals surface area contributed by atoms with Crippen LogP contribution in [0.5, 0.6) is 11.5 Å². The highest BCUT2D eigenvalue weighted by atomic mass is 35.5. The molecular weight excluding hydrogens is 442 g/mol. The topological polar surface area (TPSA) is 76.1 Å². The third-order valence-corrected chi connectivity index (χ3v) is 5.87. The molecule has 1 unspecified atom stereocenters. The first-order valence-electron chi connectivity index (χ1n) is 11.2. The summed E-state index contributed by atoms with van der Waals surface area (Å²) in [6.07, 6.45) is 2.44.